The lowest BCUT2D eigenvalue weighted by molar-refractivity contribution is -0.138. The van der Waals surface area contributed by atoms with Crippen molar-refractivity contribution in [2.24, 2.45) is 5.92 Å². The van der Waals surface area contributed by atoms with Crippen LogP contribution < -0.4 is 4.90 Å². The van der Waals surface area contributed by atoms with Gasteiger partial charge in [0.15, 0.2) is 5.65 Å². The number of nitrogens with zero attached hydrogens (tertiary/aromatic N) is 5. The van der Waals surface area contributed by atoms with Crippen LogP contribution in [0.5, 0.6) is 0 Å². The van der Waals surface area contributed by atoms with E-state index in [0.717, 1.165) is 25.1 Å². The number of pyridine rings is 1. The number of alkyl halides is 3. The third kappa shape index (κ3) is 3.72. The van der Waals surface area contributed by atoms with Crippen molar-refractivity contribution >= 4 is 17.5 Å². The first-order valence-corrected chi connectivity index (χ1v) is 9.36. The molecule has 4 rings (SSSR count). The van der Waals surface area contributed by atoms with Gasteiger partial charge >= 0.3 is 6.18 Å². The van der Waals surface area contributed by atoms with Gasteiger partial charge in [0, 0.05) is 38.8 Å². The predicted molar refractivity (Wildman–Crippen MR) is 93.4 cm³/mol. The minimum atomic E-state index is -4.42. The fraction of sp³-hybridized carbons (Fsp3) is 0.611. The summed E-state index contributed by atoms with van der Waals surface area (Å²) in [5.41, 5.74) is -0.362. The van der Waals surface area contributed by atoms with Crippen molar-refractivity contribution in [3.05, 3.63) is 23.9 Å². The van der Waals surface area contributed by atoms with E-state index in [1.54, 1.807) is 0 Å². The molecule has 27 heavy (non-hydrogen) atoms. The van der Waals surface area contributed by atoms with Gasteiger partial charge in [-0.05, 0) is 30.9 Å². The maximum atomic E-state index is 13.0. The summed E-state index contributed by atoms with van der Waals surface area (Å²) < 4.78 is 40.3. The summed E-state index contributed by atoms with van der Waals surface area (Å²) in [5.74, 6) is 1.09. The van der Waals surface area contributed by atoms with Gasteiger partial charge in [-0.15, -0.1) is 10.2 Å². The maximum Gasteiger partial charge on any atom is 0.417 e. The van der Waals surface area contributed by atoms with Crippen LogP contribution in [0.25, 0.3) is 5.65 Å². The number of carbonyl (C=O) groups is 1. The Morgan fingerprint density at radius 2 is 1.78 bits per heavy atom. The fourth-order valence-corrected chi connectivity index (χ4v) is 4.01. The zero-order valence-corrected chi connectivity index (χ0v) is 15.0. The van der Waals surface area contributed by atoms with Gasteiger partial charge in [-0.25, -0.2) is 0 Å². The zero-order chi connectivity index (χ0) is 19.0. The van der Waals surface area contributed by atoms with E-state index in [9.17, 15) is 18.0 Å². The molecule has 2 aliphatic rings. The number of rotatable bonds is 3. The molecule has 0 N–H and O–H groups in total. The second-order valence-electron chi connectivity index (χ2n) is 7.37. The number of hydrogen-bond donors (Lipinski definition) is 0. The Kier molecular flexibility index (Phi) is 4.69. The molecule has 0 radical (unpaired) electrons. The van der Waals surface area contributed by atoms with Crippen molar-refractivity contribution in [3.8, 4) is 0 Å². The number of aromatic nitrogens is 3. The van der Waals surface area contributed by atoms with Crippen LogP contribution in [0.15, 0.2) is 18.3 Å². The lowest BCUT2D eigenvalue weighted by Crippen LogP contribution is -2.49. The highest BCUT2D eigenvalue weighted by molar-refractivity contribution is 5.76. The maximum absolute atomic E-state index is 13.0. The highest BCUT2D eigenvalue weighted by Gasteiger charge is 2.32. The molecule has 1 saturated heterocycles. The number of halogens is 3. The predicted octanol–water partition coefficient (Wildman–Crippen LogP) is 2.98. The first-order chi connectivity index (χ1) is 12.9. The Hall–Kier alpha value is -2.32. The second kappa shape index (κ2) is 7.01. The van der Waals surface area contributed by atoms with Crippen molar-refractivity contribution in [2.45, 2.75) is 38.3 Å². The molecule has 0 aromatic carbocycles. The van der Waals surface area contributed by atoms with Gasteiger partial charge in [0.2, 0.25) is 11.9 Å². The zero-order valence-electron chi connectivity index (χ0n) is 15.0. The summed E-state index contributed by atoms with van der Waals surface area (Å²) >= 11 is 0. The van der Waals surface area contributed by atoms with Crippen molar-refractivity contribution in [1.82, 2.24) is 19.5 Å². The van der Waals surface area contributed by atoms with E-state index in [-0.39, 0.29) is 5.91 Å². The van der Waals surface area contributed by atoms with Crippen LogP contribution in [0, 0.1) is 5.92 Å². The lowest BCUT2D eigenvalue weighted by Gasteiger charge is -2.35. The van der Waals surface area contributed by atoms with Crippen LogP contribution in [-0.2, 0) is 11.0 Å². The molecule has 2 fully saturated rings. The molecule has 3 heterocycles. The topological polar surface area (TPSA) is 53.7 Å². The van der Waals surface area contributed by atoms with E-state index in [0.29, 0.717) is 50.1 Å². The van der Waals surface area contributed by atoms with E-state index >= 15 is 0 Å². The van der Waals surface area contributed by atoms with E-state index in [1.165, 1.54) is 23.3 Å². The van der Waals surface area contributed by atoms with Crippen molar-refractivity contribution in [2.75, 3.05) is 31.1 Å². The summed E-state index contributed by atoms with van der Waals surface area (Å²) in [6, 6.07) is 2.33. The summed E-state index contributed by atoms with van der Waals surface area (Å²) in [6.45, 7) is 2.18. The minimum absolute atomic E-state index is 0.187. The van der Waals surface area contributed by atoms with Gasteiger partial charge in [-0.3, -0.25) is 9.20 Å². The van der Waals surface area contributed by atoms with Crippen LogP contribution >= 0.6 is 0 Å². The summed E-state index contributed by atoms with van der Waals surface area (Å²) in [6.07, 6.45) is 1.93. The Bertz CT molecular complexity index is 820. The molecule has 1 aliphatic heterocycles. The number of carbonyl (C=O) groups excluding carboxylic acids is 1. The molecule has 6 nitrogen and oxygen atoms in total. The normalized spacial score (nSPS) is 19.2. The molecule has 0 bridgehead atoms. The molecule has 0 unspecified atom stereocenters. The fourth-order valence-electron chi connectivity index (χ4n) is 4.01. The molecule has 0 spiro atoms. The molecule has 1 amide bonds. The highest BCUT2D eigenvalue weighted by Crippen LogP contribution is 2.30. The lowest BCUT2D eigenvalue weighted by atomic mass is 10.0. The molecule has 0 atom stereocenters. The van der Waals surface area contributed by atoms with Crippen molar-refractivity contribution < 1.29 is 18.0 Å². The molecule has 2 aromatic rings. The molecular formula is C18H22F3N5O. The van der Waals surface area contributed by atoms with E-state index < -0.39 is 11.7 Å². The second-order valence-corrected chi connectivity index (χ2v) is 7.37. The van der Waals surface area contributed by atoms with Gasteiger partial charge in [0.25, 0.3) is 0 Å². The molecule has 1 aliphatic carbocycles. The van der Waals surface area contributed by atoms with Crippen LogP contribution in [0.4, 0.5) is 19.1 Å². The monoisotopic (exact) mass is 381 g/mol. The quantitative estimate of drug-likeness (QED) is 0.820. The average molecular weight is 381 g/mol. The van der Waals surface area contributed by atoms with E-state index in [2.05, 4.69) is 10.2 Å². The minimum Gasteiger partial charge on any atom is -0.339 e. The summed E-state index contributed by atoms with van der Waals surface area (Å²) in [7, 11) is 0. The van der Waals surface area contributed by atoms with Gasteiger partial charge in [0.1, 0.15) is 0 Å². The van der Waals surface area contributed by atoms with Crippen LogP contribution in [-0.4, -0.2) is 51.6 Å². The first-order valence-electron chi connectivity index (χ1n) is 9.36. The van der Waals surface area contributed by atoms with Crippen LogP contribution in [0.2, 0.25) is 0 Å². The standard InChI is InChI=1S/C18H22F3N5O/c19-18(20,21)14-5-6-15-22-23-17(26(15)12-14)25-9-7-24(8-10-25)16(27)11-13-3-1-2-4-13/h5-6,12-13H,1-4,7-11H2. The van der Waals surface area contributed by atoms with Crippen LogP contribution in [0.1, 0.15) is 37.7 Å². The van der Waals surface area contributed by atoms with Crippen LogP contribution in [0.3, 0.4) is 0 Å². The first kappa shape index (κ1) is 18.1. The van der Waals surface area contributed by atoms with Gasteiger partial charge in [-0.1, -0.05) is 12.8 Å². The third-order valence-electron chi connectivity index (χ3n) is 5.56. The van der Waals surface area contributed by atoms with Gasteiger partial charge in [-0.2, -0.15) is 13.2 Å². The molecule has 9 heteroatoms. The number of fused-ring (bicyclic) bond motifs is 1. The van der Waals surface area contributed by atoms with Gasteiger partial charge in [0.05, 0.1) is 5.56 Å². The average Bonchev–Trinajstić information content (AvgIpc) is 3.30. The third-order valence-corrected chi connectivity index (χ3v) is 5.56. The highest BCUT2D eigenvalue weighted by atomic mass is 19.4. The van der Waals surface area contributed by atoms with E-state index in [1.807, 2.05) is 9.80 Å². The SMILES string of the molecule is O=C(CC1CCCC1)N1CCN(c2nnc3ccc(C(F)(F)F)cn23)CC1. The number of anilines is 1. The molecular weight excluding hydrogens is 359 g/mol. The molecule has 146 valence electrons. The number of amides is 1. The van der Waals surface area contributed by atoms with Crippen molar-refractivity contribution in [3.63, 3.8) is 0 Å². The summed E-state index contributed by atoms with van der Waals surface area (Å²) in [4.78, 5) is 16.2. The largest absolute Gasteiger partial charge is 0.417 e. The Labute approximate surface area is 155 Å². The Balaban J connectivity index is 1.44. The smallest absolute Gasteiger partial charge is 0.339 e. The van der Waals surface area contributed by atoms with E-state index in [4.69, 9.17) is 0 Å². The number of hydrogen-bond acceptors (Lipinski definition) is 4. The Morgan fingerprint density at radius 3 is 2.44 bits per heavy atom. The molecule has 2 aromatic heterocycles. The summed E-state index contributed by atoms with van der Waals surface area (Å²) in [5, 5.41) is 8.03. The van der Waals surface area contributed by atoms with Crippen molar-refractivity contribution in [1.29, 1.82) is 0 Å². The molecule has 1 saturated carbocycles. The Morgan fingerprint density at radius 1 is 1.07 bits per heavy atom. The van der Waals surface area contributed by atoms with Gasteiger partial charge < -0.3 is 9.80 Å². The number of piperazine rings is 1.